The van der Waals surface area contributed by atoms with Crippen LogP contribution in [0.5, 0.6) is 0 Å². The molecule has 0 saturated carbocycles. The zero-order chi connectivity index (χ0) is 22.4. The van der Waals surface area contributed by atoms with E-state index in [4.69, 9.17) is 0 Å². The molecule has 0 radical (unpaired) electrons. The Morgan fingerprint density at radius 2 is 1.10 bits per heavy atom. The van der Waals surface area contributed by atoms with Gasteiger partial charge in [-0.3, -0.25) is 14.4 Å². The van der Waals surface area contributed by atoms with Crippen molar-refractivity contribution in [3.05, 3.63) is 90.0 Å². The van der Waals surface area contributed by atoms with Gasteiger partial charge in [0.1, 0.15) is 0 Å². The first-order chi connectivity index (χ1) is 14.7. The van der Waals surface area contributed by atoms with Crippen molar-refractivity contribution < 1.29 is 22.8 Å². The fourth-order valence-electron chi connectivity index (χ4n) is 2.67. The molecular formula is C22H19N3O5S. The maximum absolute atomic E-state index is 12.4. The van der Waals surface area contributed by atoms with E-state index in [2.05, 4.69) is 10.6 Å². The number of carbonyl (C=O) groups is 3. The predicted molar refractivity (Wildman–Crippen MR) is 116 cm³/mol. The van der Waals surface area contributed by atoms with Crippen LogP contribution in [-0.2, 0) is 14.8 Å². The van der Waals surface area contributed by atoms with E-state index >= 15 is 0 Å². The zero-order valence-corrected chi connectivity index (χ0v) is 17.3. The number of hydrogen-bond acceptors (Lipinski definition) is 5. The van der Waals surface area contributed by atoms with Gasteiger partial charge in [0.05, 0.1) is 4.90 Å². The molecule has 158 valence electrons. The van der Waals surface area contributed by atoms with Crippen LogP contribution in [-0.4, -0.2) is 26.1 Å². The molecule has 0 unspecified atom stereocenters. The summed E-state index contributed by atoms with van der Waals surface area (Å²) >= 11 is 0. The van der Waals surface area contributed by atoms with Crippen molar-refractivity contribution in [2.24, 2.45) is 0 Å². The molecule has 0 atom stereocenters. The molecule has 0 heterocycles. The summed E-state index contributed by atoms with van der Waals surface area (Å²) in [4.78, 5) is 35.5. The van der Waals surface area contributed by atoms with Crippen molar-refractivity contribution >= 4 is 39.1 Å². The number of amides is 3. The van der Waals surface area contributed by atoms with Crippen LogP contribution in [0.4, 0.5) is 11.4 Å². The highest BCUT2D eigenvalue weighted by atomic mass is 32.2. The predicted octanol–water partition coefficient (Wildman–Crippen LogP) is 3.02. The summed E-state index contributed by atoms with van der Waals surface area (Å²) in [5, 5.41) is 5.41. The first kappa shape index (κ1) is 21.7. The highest BCUT2D eigenvalue weighted by Gasteiger charge is 2.15. The summed E-state index contributed by atoms with van der Waals surface area (Å²) < 4.78 is 25.8. The maximum atomic E-state index is 12.4. The standard InChI is InChI=1S/C22H19N3O5S/c1-15(26)25-31(29,30)20-13-11-19(12-14-20)24-22(28)17-7-9-18(10-8-17)23-21(27)16-5-3-2-4-6-16/h2-14H,1H3,(H,23,27)(H,24,28)(H,25,26). The number of carbonyl (C=O) groups excluding carboxylic acids is 3. The van der Waals surface area contributed by atoms with Crippen molar-refractivity contribution in [1.82, 2.24) is 4.72 Å². The van der Waals surface area contributed by atoms with Gasteiger partial charge in [-0.2, -0.15) is 0 Å². The topological polar surface area (TPSA) is 121 Å². The number of hydrogen-bond donors (Lipinski definition) is 3. The van der Waals surface area contributed by atoms with Crippen LogP contribution in [0.25, 0.3) is 0 Å². The average Bonchev–Trinajstić information content (AvgIpc) is 2.74. The lowest BCUT2D eigenvalue weighted by Gasteiger charge is -2.09. The van der Waals surface area contributed by atoms with E-state index in [9.17, 15) is 22.8 Å². The normalized spacial score (nSPS) is 10.7. The number of nitrogens with one attached hydrogen (secondary N) is 3. The van der Waals surface area contributed by atoms with Crippen LogP contribution in [0.3, 0.4) is 0 Å². The summed E-state index contributed by atoms with van der Waals surface area (Å²) in [6.45, 7) is 1.10. The Labute approximate surface area is 179 Å². The smallest absolute Gasteiger partial charge is 0.264 e. The van der Waals surface area contributed by atoms with E-state index in [0.29, 0.717) is 22.5 Å². The van der Waals surface area contributed by atoms with Crippen molar-refractivity contribution in [2.75, 3.05) is 10.6 Å². The minimum atomic E-state index is -3.94. The Bertz CT molecular complexity index is 1210. The fourth-order valence-corrected chi connectivity index (χ4v) is 3.66. The van der Waals surface area contributed by atoms with Crippen LogP contribution in [0.1, 0.15) is 27.6 Å². The van der Waals surface area contributed by atoms with E-state index in [0.717, 1.165) is 6.92 Å². The summed E-state index contributed by atoms with van der Waals surface area (Å²) in [6.07, 6.45) is 0. The molecule has 0 aliphatic rings. The molecular weight excluding hydrogens is 418 g/mol. The molecule has 3 aromatic carbocycles. The molecule has 0 spiro atoms. The molecule has 9 heteroatoms. The highest BCUT2D eigenvalue weighted by molar-refractivity contribution is 7.90. The molecule has 31 heavy (non-hydrogen) atoms. The van der Waals surface area contributed by atoms with Gasteiger partial charge in [-0.15, -0.1) is 0 Å². The molecule has 3 amide bonds. The van der Waals surface area contributed by atoms with Crippen molar-refractivity contribution in [3.8, 4) is 0 Å². The lowest BCUT2D eigenvalue weighted by atomic mass is 10.1. The summed E-state index contributed by atoms with van der Waals surface area (Å²) in [7, 11) is -3.94. The largest absolute Gasteiger partial charge is 0.322 e. The van der Waals surface area contributed by atoms with Gasteiger partial charge in [0.2, 0.25) is 5.91 Å². The first-order valence-corrected chi connectivity index (χ1v) is 10.6. The number of anilines is 2. The van der Waals surface area contributed by atoms with Crippen LogP contribution < -0.4 is 15.4 Å². The van der Waals surface area contributed by atoms with Gasteiger partial charge in [-0.05, 0) is 60.7 Å². The molecule has 3 rings (SSSR count). The van der Waals surface area contributed by atoms with E-state index < -0.39 is 21.8 Å². The Hall–Kier alpha value is -3.98. The molecule has 0 aliphatic heterocycles. The van der Waals surface area contributed by atoms with Crippen LogP contribution >= 0.6 is 0 Å². The molecule has 3 N–H and O–H groups in total. The number of rotatable bonds is 6. The molecule has 0 fully saturated rings. The number of benzene rings is 3. The van der Waals surface area contributed by atoms with Gasteiger partial charge >= 0.3 is 0 Å². The SMILES string of the molecule is CC(=O)NS(=O)(=O)c1ccc(NC(=O)c2ccc(NC(=O)c3ccccc3)cc2)cc1. The fraction of sp³-hybridized carbons (Fsp3) is 0.0455. The Kier molecular flexibility index (Phi) is 6.46. The monoisotopic (exact) mass is 437 g/mol. The minimum absolute atomic E-state index is 0.0980. The molecule has 0 saturated heterocycles. The lowest BCUT2D eigenvalue weighted by Crippen LogP contribution is -2.28. The third kappa shape index (κ3) is 5.77. The Morgan fingerprint density at radius 1 is 0.645 bits per heavy atom. The second kappa shape index (κ2) is 9.23. The van der Waals surface area contributed by atoms with Gasteiger partial charge < -0.3 is 10.6 Å². The second-order valence-electron chi connectivity index (χ2n) is 6.54. The van der Waals surface area contributed by atoms with Crippen molar-refractivity contribution in [2.45, 2.75) is 11.8 Å². The third-order valence-corrected chi connectivity index (χ3v) is 5.59. The van der Waals surface area contributed by atoms with Gasteiger partial charge in [-0.25, -0.2) is 13.1 Å². The third-order valence-electron chi connectivity index (χ3n) is 4.14. The van der Waals surface area contributed by atoms with Crippen molar-refractivity contribution in [3.63, 3.8) is 0 Å². The van der Waals surface area contributed by atoms with E-state index in [1.54, 1.807) is 48.5 Å². The van der Waals surface area contributed by atoms with E-state index in [1.807, 2.05) is 10.8 Å². The highest BCUT2D eigenvalue weighted by Crippen LogP contribution is 2.16. The average molecular weight is 437 g/mol. The molecule has 0 aliphatic carbocycles. The van der Waals surface area contributed by atoms with Gasteiger partial charge in [0.25, 0.3) is 21.8 Å². The van der Waals surface area contributed by atoms with Gasteiger partial charge in [0.15, 0.2) is 0 Å². The maximum Gasteiger partial charge on any atom is 0.264 e. The summed E-state index contributed by atoms with van der Waals surface area (Å²) in [5.74, 6) is -1.36. The van der Waals surface area contributed by atoms with Crippen LogP contribution in [0, 0.1) is 0 Å². The van der Waals surface area contributed by atoms with E-state index in [-0.39, 0.29) is 10.8 Å². The summed E-state index contributed by atoms with van der Waals surface area (Å²) in [5.41, 5.74) is 1.80. The first-order valence-electron chi connectivity index (χ1n) is 9.16. The Morgan fingerprint density at radius 3 is 1.58 bits per heavy atom. The van der Waals surface area contributed by atoms with E-state index in [1.165, 1.54) is 24.3 Å². The van der Waals surface area contributed by atoms with Crippen LogP contribution in [0.15, 0.2) is 83.8 Å². The van der Waals surface area contributed by atoms with Gasteiger partial charge in [0, 0.05) is 29.4 Å². The minimum Gasteiger partial charge on any atom is -0.322 e. The quantitative estimate of drug-likeness (QED) is 0.547. The summed E-state index contributed by atoms with van der Waals surface area (Å²) in [6, 6.07) is 20.5. The Balaban J connectivity index is 1.63. The molecule has 0 bridgehead atoms. The zero-order valence-electron chi connectivity index (χ0n) is 16.5. The number of sulfonamides is 1. The second-order valence-corrected chi connectivity index (χ2v) is 8.22. The van der Waals surface area contributed by atoms with Gasteiger partial charge in [-0.1, -0.05) is 18.2 Å². The van der Waals surface area contributed by atoms with Crippen LogP contribution in [0.2, 0.25) is 0 Å². The molecule has 8 nitrogen and oxygen atoms in total. The van der Waals surface area contributed by atoms with Crippen molar-refractivity contribution in [1.29, 1.82) is 0 Å². The lowest BCUT2D eigenvalue weighted by molar-refractivity contribution is -0.117. The molecule has 0 aromatic heterocycles. The molecule has 3 aromatic rings.